The predicted molar refractivity (Wildman–Crippen MR) is 157 cm³/mol. The number of nitrogens with zero attached hydrogens (tertiary/aromatic N) is 4. The van der Waals surface area contributed by atoms with Gasteiger partial charge in [0, 0.05) is 30.6 Å². The van der Waals surface area contributed by atoms with Gasteiger partial charge in [0.2, 0.25) is 0 Å². The molecule has 5 atom stereocenters. The van der Waals surface area contributed by atoms with Crippen molar-refractivity contribution in [2.75, 3.05) is 26.9 Å². The Morgan fingerprint density at radius 2 is 1.68 bits per heavy atom. The zero-order valence-electron chi connectivity index (χ0n) is 24.5. The van der Waals surface area contributed by atoms with Crippen molar-refractivity contribution < 1.29 is 19.1 Å². The van der Waals surface area contributed by atoms with Crippen LogP contribution in [0.3, 0.4) is 0 Å². The van der Waals surface area contributed by atoms with E-state index in [1.54, 1.807) is 6.92 Å². The topological polar surface area (TPSA) is 95.2 Å². The number of esters is 1. The molecule has 4 aliphatic rings. The first-order chi connectivity index (χ1) is 20.1. The van der Waals surface area contributed by atoms with E-state index in [1.165, 1.54) is 52.1 Å². The van der Waals surface area contributed by atoms with Gasteiger partial charge in [-0.15, -0.1) is 0 Å². The van der Waals surface area contributed by atoms with Crippen molar-refractivity contribution in [2.45, 2.75) is 102 Å². The van der Waals surface area contributed by atoms with E-state index in [1.807, 2.05) is 28.8 Å². The SMILES string of the molecule is CCOC(=O)CC/C(=N\OC)c1nc2ccccc2n(C2C[C@H]3COC[C@@H](C2)N3C2CC3CCCCC(C3)C2)c1=O. The van der Waals surface area contributed by atoms with Crippen LogP contribution in [0.2, 0.25) is 0 Å². The number of hydrogen-bond acceptors (Lipinski definition) is 8. The summed E-state index contributed by atoms with van der Waals surface area (Å²) in [5, 5.41) is 4.15. The van der Waals surface area contributed by atoms with Gasteiger partial charge < -0.3 is 18.9 Å². The smallest absolute Gasteiger partial charge is 0.306 e. The van der Waals surface area contributed by atoms with Crippen LogP contribution in [0.4, 0.5) is 0 Å². The number of benzene rings is 1. The average molecular weight is 565 g/mol. The summed E-state index contributed by atoms with van der Waals surface area (Å²) >= 11 is 0. The predicted octanol–water partition coefficient (Wildman–Crippen LogP) is 4.85. The Morgan fingerprint density at radius 3 is 2.37 bits per heavy atom. The Hall–Kier alpha value is -2.78. The number of morpholine rings is 1. The lowest BCUT2D eigenvalue weighted by Gasteiger charge is -2.54. The van der Waals surface area contributed by atoms with Gasteiger partial charge in [0.15, 0.2) is 5.69 Å². The number of fused-ring (bicyclic) bond motifs is 5. The molecule has 2 aliphatic carbocycles. The van der Waals surface area contributed by atoms with Gasteiger partial charge in [-0.1, -0.05) is 43.0 Å². The van der Waals surface area contributed by atoms with Crippen LogP contribution in [0.1, 0.15) is 89.3 Å². The summed E-state index contributed by atoms with van der Waals surface area (Å²) in [5.74, 6) is 1.39. The van der Waals surface area contributed by atoms with Gasteiger partial charge in [-0.05, 0) is 63.0 Å². The fourth-order valence-corrected chi connectivity index (χ4v) is 8.31. The molecule has 1 aromatic carbocycles. The summed E-state index contributed by atoms with van der Waals surface area (Å²) in [6.07, 6.45) is 11.7. The largest absolute Gasteiger partial charge is 0.466 e. The van der Waals surface area contributed by atoms with Crippen LogP contribution in [0.25, 0.3) is 11.0 Å². The van der Waals surface area contributed by atoms with Crippen molar-refractivity contribution in [3.05, 3.63) is 40.3 Å². The summed E-state index contributed by atoms with van der Waals surface area (Å²) in [6.45, 7) is 3.53. The molecule has 9 heteroatoms. The minimum Gasteiger partial charge on any atom is -0.466 e. The maximum atomic E-state index is 14.2. The zero-order chi connectivity index (χ0) is 28.3. The lowest BCUT2D eigenvalue weighted by atomic mass is 9.75. The van der Waals surface area contributed by atoms with Crippen LogP contribution in [-0.2, 0) is 19.1 Å². The van der Waals surface area contributed by atoms with Crippen molar-refractivity contribution in [3.8, 4) is 0 Å². The fraction of sp³-hybridized carbons (Fsp3) is 0.688. The molecule has 0 amide bonds. The molecular formula is C32H44N4O5. The van der Waals surface area contributed by atoms with Gasteiger partial charge in [0.1, 0.15) is 12.8 Å². The molecule has 6 rings (SSSR count). The number of carbonyl (C=O) groups is 1. The third-order valence-corrected chi connectivity index (χ3v) is 9.83. The first kappa shape index (κ1) is 28.3. The van der Waals surface area contributed by atoms with Crippen LogP contribution in [0, 0.1) is 11.8 Å². The molecule has 0 N–H and O–H groups in total. The Balaban J connectivity index is 1.32. The molecule has 3 unspecified atom stereocenters. The second-order valence-electron chi connectivity index (χ2n) is 12.4. The van der Waals surface area contributed by atoms with Crippen LogP contribution in [0.15, 0.2) is 34.2 Å². The van der Waals surface area contributed by atoms with Gasteiger partial charge in [-0.2, -0.15) is 0 Å². The molecule has 2 saturated carbocycles. The molecule has 2 saturated heterocycles. The number of oxime groups is 1. The highest BCUT2D eigenvalue weighted by Crippen LogP contribution is 2.44. The molecule has 2 aliphatic heterocycles. The summed E-state index contributed by atoms with van der Waals surface area (Å²) < 4.78 is 13.2. The van der Waals surface area contributed by atoms with Gasteiger partial charge in [-0.3, -0.25) is 14.5 Å². The van der Waals surface area contributed by atoms with Crippen LogP contribution in [0.5, 0.6) is 0 Å². The second-order valence-corrected chi connectivity index (χ2v) is 12.4. The van der Waals surface area contributed by atoms with E-state index in [2.05, 4.69) is 10.1 Å². The van der Waals surface area contributed by atoms with Crippen molar-refractivity contribution in [3.63, 3.8) is 0 Å². The molecule has 4 bridgehead atoms. The third-order valence-electron chi connectivity index (χ3n) is 9.83. The molecule has 9 nitrogen and oxygen atoms in total. The first-order valence-electron chi connectivity index (χ1n) is 15.7. The molecule has 0 spiro atoms. The van der Waals surface area contributed by atoms with Gasteiger partial charge in [-0.25, -0.2) is 4.98 Å². The van der Waals surface area contributed by atoms with Gasteiger partial charge in [0.25, 0.3) is 5.56 Å². The first-order valence-corrected chi connectivity index (χ1v) is 15.7. The summed E-state index contributed by atoms with van der Waals surface area (Å²) in [4.78, 5) is 39.0. The average Bonchev–Trinajstić information content (AvgIpc) is 3.13. The molecular weight excluding hydrogens is 520 g/mol. The number of piperidine rings is 1. The quantitative estimate of drug-likeness (QED) is 0.257. The Morgan fingerprint density at radius 1 is 0.976 bits per heavy atom. The number of hydrogen-bond donors (Lipinski definition) is 0. The van der Waals surface area contributed by atoms with E-state index in [0.717, 1.165) is 48.9 Å². The molecule has 2 aromatic rings. The highest BCUT2D eigenvalue weighted by molar-refractivity contribution is 6.00. The maximum absolute atomic E-state index is 14.2. The van der Waals surface area contributed by atoms with Crippen molar-refractivity contribution >= 4 is 22.7 Å². The van der Waals surface area contributed by atoms with Crippen LogP contribution >= 0.6 is 0 Å². The molecule has 41 heavy (non-hydrogen) atoms. The number of para-hydroxylation sites is 2. The molecule has 3 heterocycles. The van der Waals surface area contributed by atoms with Crippen LogP contribution < -0.4 is 5.56 Å². The number of ether oxygens (including phenoxy) is 2. The summed E-state index contributed by atoms with van der Waals surface area (Å²) in [7, 11) is 1.45. The number of carbonyl (C=O) groups excluding carboxylic acids is 1. The highest BCUT2D eigenvalue weighted by atomic mass is 16.6. The highest BCUT2D eigenvalue weighted by Gasteiger charge is 2.46. The zero-order valence-corrected chi connectivity index (χ0v) is 24.5. The maximum Gasteiger partial charge on any atom is 0.306 e. The Labute approximate surface area is 242 Å². The Bertz CT molecular complexity index is 1300. The standard InChI is InChI=1S/C32H44N4O5/c1-3-41-30(37)13-12-28(34-39-2)31-32(38)36(29-11-7-6-10-27(29)33-31)24-17-25-19-40-20-26(18-24)35(25)23-15-21-8-4-5-9-22(14-21)16-23/h6-7,10-11,21-26H,3-5,8-9,12-20H2,1-2H3/b34-28+/t21?,22?,23?,24?,25-,26+. The lowest BCUT2D eigenvalue weighted by molar-refractivity contribution is -0.142. The second kappa shape index (κ2) is 12.6. The minimum absolute atomic E-state index is 0.0315. The van der Waals surface area contributed by atoms with Crippen molar-refractivity contribution in [2.24, 2.45) is 17.0 Å². The van der Waals surface area contributed by atoms with Crippen LogP contribution in [-0.4, -0.2) is 71.2 Å². The summed E-state index contributed by atoms with van der Waals surface area (Å²) in [5.41, 5.74) is 2.02. The van der Waals surface area contributed by atoms with E-state index in [0.29, 0.717) is 30.4 Å². The third kappa shape index (κ3) is 5.93. The van der Waals surface area contributed by atoms with E-state index in [4.69, 9.17) is 19.3 Å². The number of aromatic nitrogens is 2. The monoisotopic (exact) mass is 564 g/mol. The normalized spacial score (nSPS) is 30.5. The van der Waals surface area contributed by atoms with Crippen molar-refractivity contribution in [1.29, 1.82) is 0 Å². The Kier molecular flexibility index (Phi) is 8.72. The molecule has 0 radical (unpaired) electrons. The van der Waals surface area contributed by atoms with E-state index < -0.39 is 0 Å². The summed E-state index contributed by atoms with van der Waals surface area (Å²) in [6, 6.07) is 9.09. The van der Waals surface area contributed by atoms with E-state index in [9.17, 15) is 9.59 Å². The molecule has 222 valence electrons. The fourth-order valence-electron chi connectivity index (χ4n) is 8.31. The van der Waals surface area contributed by atoms with Gasteiger partial charge in [0.05, 0.1) is 37.3 Å². The molecule has 4 fully saturated rings. The van der Waals surface area contributed by atoms with E-state index >= 15 is 0 Å². The van der Waals surface area contributed by atoms with Crippen molar-refractivity contribution in [1.82, 2.24) is 14.5 Å². The lowest BCUT2D eigenvalue weighted by Crippen LogP contribution is -2.62. The van der Waals surface area contributed by atoms with E-state index in [-0.39, 0.29) is 36.1 Å². The minimum atomic E-state index is -0.333. The number of rotatable bonds is 8. The molecule has 1 aromatic heterocycles. The van der Waals surface area contributed by atoms with Gasteiger partial charge >= 0.3 is 5.97 Å².